The number of benzene rings is 3. The predicted molar refractivity (Wildman–Crippen MR) is 169 cm³/mol. The van der Waals surface area contributed by atoms with Crippen LogP contribution in [0.4, 0.5) is 0 Å². The van der Waals surface area contributed by atoms with E-state index in [0.29, 0.717) is 24.6 Å². The van der Waals surface area contributed by atoms with Crippen LogP contribution in [-0.4, -0.2) is 54.2 Å². The number of rotatable bonds is 9. The first-order valence-corrected chi connectivity index (χ1v) is 14.5. The van der Waals surface area contributed by atoms with E-state index in [9.17, 15) is 9.59 Å². The van der Waals surface area contributed by atoms with Crippen molar-refractivity contribution >= 4 is 51.1 Å². The van der Waals surface area contributed by atoms with Gasteiger partial charge in [-0.25, -0.2) is 14.8 Å². The number of aromatic amines is 1. The van der Waals surface area contributed by atoms with Crippen molar-refractivity contribution in [3.8, 4) is 22.5 Å². The predicted octanol–water partition coefficient (Wildman–Crippen LogP) is 5.50. The van der Waals surface area contributed by atoms with Crippen LogP contribution in [0.25, 0.3) is 32.7 Å². The molecule has 0 spiro atoms. The second-order valence-electron chi connectivity index (χ2n) is 10.0. The van der Waals surface area contributed by atoms with Gasteiger partial charge in [-0.3, -0.25) is 18.9 Å². The zero-order valence-electron chi connectivity index (χ0n) is 22.9. The fourth-order valence-electron chi connectivity index (χ4n) is 5.09. The molecule has 0 atom stereocenters. The van der Waals surface area contributed by atoms with Gasteiger partial charge in [0.25, 0.3) is 5.56 Å². The first kappa shape index (κ1) is 29.8. The molecule has 0 radical (unpaired) electrons. The molecule has 8 nitrogen and oxygen atoms in total. The molecule has 0 saturated heterocycles. The summed E-state index contributed by atoms with van der Waals surface area (Å²) in [5, 5.41) is 4.75. The number of nitrogens with one attached hydrogen (secondary N) is 1. The maximum atomic E-state index is 13.9. The number of aryl methyl sites for hydroxylation is 2. The van der Waals surface area contributed by atoms with Crippen molar-refractivity contribution in [3.63, 3.8) is 0 Å². The van der Waals surface area contributed by atoms with Crippen LogP contribution >= 0.6 is 11.3 Å². The quantitative estimate of drug-likeness (QED) is 0.224. The Labute approximate surface area is 268 Å². The molecule has 0 amide bonds. The molecule has 10 heteroatoms. The van der Waals surface area contributed by atoms with E-state index in [0.717, 1.165) is 68.0 Å². The third-order valence-corrected chi connectivity index (χ3v) is 8.23. The maximum absolute atomic E-state index is 13.9. The minimum atomic E-state index is -0.593. The van der Waals surface area contributed by atoms with Gasteiger partial charge in [-0.2, -0.15) is 0 Å². The number of hydrogen-bond acceptors (Lipinski definition) is 7. The summed E-state index contributed by atoms with van der Waals surface area (Å²) in [6, 6.07) is 23.9. The van der Waals surface area contributed by atoms with E-state index in [1.807, 2.05) is 73.7 Å². The third kappa shape index (κ3) is 6.24. The SMILES string of the molecule is CCCCc1nc(C)n(Cc2nc3ccccc3s2)c(=O)c1Cc1ccc(-c2ccccc2-c2noc(=O)[nH]2)cc1.[NaH]. The molecule has 1 N–H and O–H groups in total. The molecule has 0 fully saturated rings. The summed E-state index contributed by atoms with van der Waals surface area (Å²) < 4.78 is 7.58. The van der Waals surface area contributed by atoms with Crippen LogP contribution in [0.2, 0.25) is 0 Å². The summed E-state index contributed by atoms with van der Waals surface area (Å²) in [6.45, 7) is 4.45. The second kappa shape index (κ2) is 13.1. The van der Waals surface area contributed by atoms with Crippen LogP contribution in [0.3, 0.4) is 0 Å². The average Bonchev–Trinajstić information content (AvgIpc) is 3.62. The van der Waals surface area contributed by atoms with Crippen molar-refractivity contribution in [1.82, 2.24) is 24.7 Å². The van der Waals surface area contributed by atoms with Gasteiger partial charge in [0, 0.05) is 17.5 Å². The molecule has 0 bridgehead atoms. The summed E-state index contributed by atoms with van der Waals surface area (Å²) >= 11 is 1.61. The van der Waals surface area contributed by atoms with Gasteiger partial charge in [-0.05, 0) is 48.6 Å². The van der Waals surface area contributed by atoms with Crippen LogP contribution in [0.15, 0.2) is 86.9 Å². The standard InChI is InChI=1S/C32H29N5O3S.Na.H/c1-3-4-11-26-25(31(38)37(20(2)33-26)19-29-34-27-12-7-8-13-28(27)41-29)18-21-14-16-22(17-15-21)23-9-5-6-10-24(23)30-35-32(39)40-36-30;;/h5-10,12-17H,3-4,11,18-19H2,1-2H3,(H,35,36,39);;. The van der Waals surface area contributed by atoms with Crippen molar-refractivity contribution in [2.45, 2.75) is 46.1 Å². The van der Waals surface area contributed by atoms with Crippen molar-refractivity contribution in [1.29, 1.82) is 0 Å². The third-order valence-electron chi connectivity index (χ3n) is 7.21. The number of aromatic nitrogens is 5. The van der Waals surface area contributed by atoms with E-state index >= 15 is 0 Å². The van der Waals surface area contributed by atoms with Crippen LogP contribution in [0.1, 0.15) is 47.4 Å². The molecule has 3 heterocycles. The monoisotopic (exact) mass is 587 g/mol. The number of thiazole rings is 1. The van der Waals surface area contributed by atoms with Gasteiger partial charge in [0.15, 0.2) is 5.82 Å². The number of unbranched alkanes of at least 4 members (excludes halogenated alkanes) is 1. The fraction of sp³-hybridized carbons (Fsp3) is 0.219. The van der Waals surface area contributed by atoms with Crippen LogP contribution in [-0.2, 0) is 19.4 Å². The Hall–Kier alpha value is -3.63. The van der Waals surface area contributed by atoms with Crippen molar-refractivity contribution in [3.05, 3.63) is 121 Å². The summed E-state index contributed by atoms with van der Waals surface area (Å²) in [5.74, 6) is 0.501. The Kier molecular flexibility index (Phi) is 9.33. The molecule has 3 aromatic heterocycles. The van der Waals surface area contributed by atoms with E-state index in [2.05, 4.69) is 23.1 Å². The average molecular weight is 588 g/mol. The van der Waals surface area contributed by atoms with Gasteiger partial charge in [-0.15, -0.1) is 11.3 Å². The van der Waals surface area contributed by atoms with Crippen LogP contribution in [0.5, 0.6) is 0 Å². The van der Waals surface area contributed by atoms with E-state index in [1.165, 1.54) is 0 Å². The summed E-state index contributed by atoms with van der Waals surface area (Å²) in [4.78, 5) is 37.8. The van der Waals surface area contributed by atoms with Gasteiger partial charge >= 0.3 is 35.3 Å². The van der Waals surface area contributed by atoms with Gasteiger partial charge in [0.2, 0.25) is 0 Å². The van der Waals surface area contributed by atoms with E-state index in [4.69, 9.17) is 14.5 Å². The number of hydrogen-bond donors (Lipinski definition) is 1. The Morgan fingerprint density at radius 1 is 0.929 bits per heavy atom. The molecule has 42 heavy (non-hydrogen) atoms. The van der Waals surface area contributed by atoms with Crippen molar-refractivity contribution in [2.24, 2.45) is 0 Å². The molecule has 3 aromatic carbocycles. The Bertz CT molecular complexity index is 1920. The van der Waals surface area contributed by atoms with Gasteiger partial charge in [-0.1, -0.05) is 79.2 Å². The van der Waals surface area contributed by atoms with Crippen molar-refractivity contribution < 1.29 is 4.52 Å². The Morgan fingerprint density at radius 3 is 2.38 bits per heavy atom. The minimum absolute atomic E-state index is 0. The molecule has 0 aliphatic heterocycles. The first-order chi connectivity index (χ1) is 20.0. The second-order valence-corrected chi connectivity index (χ2v) is 11.1. The van der Waals surface area contributed by atoms with E-state index in [1.54, 1.807) is 15.9 Å². The molecule has 6 aromatic rings. The Balaban J connectivity index is 0.00000353. The molecule has 0 saturated carbocycles. The summed E-state index contributed by atoms with van der Waals surface area (Å²) in [6.07, 6.45) is 3.26. The molecule has 6 rings (SSSR count). The van der Waals surface area contributed by atoms with E-state index < -0.39 is 5.76 Å². The zero-order valence-corrected chi connectivity index (χ0v) is 23.7. The topological polar surface area (TPSA) is 107 Å². The Morgan fingerprint density at radius 2 is 1.67 bits per heavy atom. The molecule has 208 valence electrons. The zero-order chi connectivity index (χ0) is 28.3. The number of nitrogens with zero attached hydrogens (tertiary/aromatic N) is 4. The summed E-state index contributed by atoms with van der Waals surface area (Å²) in [7, 11) is 0. The summed E-state index contributed by atoms with van der Waals surface area (Å²) in [5.41, 5.74) is 6.23. The molecule has 0 aliphatic rings. The molecular formula is C32H30N5NaO3S. The van der Waals surface area contributed by atoms with Crippen LogP contribution < -0.4 is 11.3 Å². The number of H-pyrrole nitrogens is 1. The fourth-order valence-corrected chi connectivity index (χ4v) is 6.04. The number of para-hydroxylation sites is 1. The van der Waals surface area contributed by atoms with Gasteiger partial charge in [0.05, 0.1) is 22.5 Å². The molecule has 0 unspecified atom stereocenters. The first-order valence-electron chi connectivity index (χ1n) is 13.7. The van der Waals surface area contributed by atoms with E-state index in [-0.39, 0.29) is 35.1 Å². The van der Waals surface area contributed by atoms with Crippen molar-refractivity contribution in [2.75, 3.05) is 0 Å². The molecule has 0 aliphatic carbocycles. The normalized spacial score (nSPS) is 11.1. The molecular weight excluding hydrogens is 557 g/mol. The number of fused-ring (bicyclic) bond motifs is 1. The van der Waals surface area contributed by atoms with Gasteiger partial charge < -0.3 is 0 Å². The van der Waals surface area contributed by atoms with Gasteiger partial charge in [0.1, 0.15) is 10.8 Å². The van der Waals surface area contributed by atoms with Crippen LogP contribution in [0, 0.1) is 6.92 Å².